The lowest BCUT2D eigenvalue weighted by molar-refractivity contribution is 0.00232. The first-order chi connectivity index (χ1) is 5.20. The van der Waals surface area contributed by atoms with Gasteiger partial charge in [0.2, 0.25) is 0 Å². The molecule has 11 heavy (non-hydrogen) atoms. The van der Waals surface area contributed by atoms with E-state index in [-0.39, 0.29) is 0 Å². The van der Waals surface area contributed by atoms with Crippen LogP contribution in [0.25, 0.3) is 0 Å². The molecular formula is C9H14O2. The Balaban J connectivity index is 2.25. The van der Waals surface area contributed by atoms with Gasteiger partial charge in [-0.05, 0) is 13.3 Å². The Labute approximate surface area is 67.9 Å². The summed E-state index contributed by atoms with van der Waals surface area (Å²) in [6.07, 6.45) is 6.45. The summed E-state index contributed by atoms with van der Waals surface area (Å²) in [6, 6.07) is 0. The van der Waals surface area contributed by atoms with Crippen LogP contribution in [0.1, 0.15) is 20.3 Å². The van der Waals surface area contributed by atoms with Gasteiger partial charge < -0.3 is 9.47 Å². The molecule has 0 aromatic heterocycles. The number of rotatable bonds is 4. The molecule has 1 saturated heterocycles. The van der Waals surface area contributed by atoms with Gasteiger partial charge >= 0.3 is 0 Å². The van der Waals surface area contributed by atoms with Crippen molar-refractivity contribution in [1.29, 1.82) is 0 Å². The number of hydrogen-bond donors (Lipinski definition) is 0. The fraction of sp³-hybridized carbons (Fsp3) is 0.778. The molecule has 1 rings (SSSR count). The van der Waals surface area contributed by atoms with Crippen molar-refractivity contribution in [1.82, 2.24) is 0 Å². The lowest BCUT2D eigenvalue weighted by Gasteiger charge is -2.21. The Morgan fingerprint density at radius 3 is 2.82 bits per heavy atom. The zero-order valence-corrected chi connectivity index (χ0v) is 7.09. The van der Waals surface area contributed by atoms with Crippen LogP contribution in [0, 0.1) is 12.3 Å². The average Bonchev–Trinajstić information content (AvgIpc) is 2.83. The molecule has 2 unspecified atom stereocenters. The molecule has 0 spiro atoms. The highest BCUT2D eigenvalue weighted by Crippen LogP contribution is 2.17. The van der Waals surface area contributed by atoms with E-state index in [1.54, 1.807) is 0 Å². The predicted octanol–water partition coefficient (Wildman–Crippen LogP) is 1.20. The molecule has 0 aromatic carbocycles. The van der Waals surface area contributed by atoms with Crippen LogP contribution in [-0.2, 0) is 9.47 Å². The van der Waals surface area contributed by atoms with Crippen LogP contribution in [0.2, 0.25) is 0 Å². The summed E-state index contributed by atoms with van der Waals surface area (Å²) in [7, 11) is 0. The predicted molar refractivity (Wildman–Crippen MR) is 43.2 cm³/mol. The SMILES string of the molecule is C#CC(C)(CC)OCC1CO1. The van der Waals surface area contributed by atoms with E-state index in [2.05, 4.69) is 5.92 Å². The van der Waals surface area contributed by atoms with Crippen molar-refractivity contribution in [3.8, 4) is 12.3 Å². The Morgan fingerprint density at radius 2 is 2.45 bits per heavy atom. The van der Waals surface area contributed by atoms with E-state index in [4.69, 9.17) is 15.9 Å². The zero-order valence-electron chi connectivity index (χ0n) is 7.09. The monoisotopic (exact) mass is 154 g/mol. The zero-order chi connectivity index (χ0) is 8.32. The molecule has 0 saturated carbocycles. The van der Waals surface area contributed by atoms with Crippen molar-refractivity contribution in [2.45, 2.75) is 32.0 Å². The molecule has 0 bridgehead atoms. The number of hydrogen-bond acceptors (Lipinski definition) is 2. The van der Waals surface area contributed by atoms with Crippen LogP contribution < -0.4 is 0 Å². The van der Waals surface area contributed by atoms with Gasteiger partial charge in [0.05, 0.1) is 13.2 Å². The van der Waals surface area contributed by atoms with Crippen molar-refractivity contribution >= 4 is 0 Å². The minimum atomic E-state index is -0.397. The quantitative estimate of drug-likeness (QED) is 0.448. The van der Waals surface area contributed by atoms with Gasteiger partial charge in [-0.2, -0.15) is 0 Å². The number of ether oxygens (including phenoxy) is 2. The van der Waals surface area contributed by atoms with Gasteiger partial charge in [0, 0.05) is 0 Å². The molecule has 1 heterocycles. The van der Waals surface area contributed by atoms with Gasteiger partial charge in [-0.1, -0.05) is 12.8 Å². The standard InChI is InChI=1S/C9H14O2/c1-4-9(3,5-2)11-7-8-6-10-8/h1,8H,5-7H2,2-3H3. The molecule has 1 aliphatic rings. The second-order valence-electron chi connectivity index (χ2n) is 3.00. The highest BCUT2D eigenvalue weighted by molar-refractivity contribution is 5.05. The number of epoxide rings is 1. The lowest BCUT2D eigenvalue weighted by atomic mass is 10.1. The van der Waals surface area contributed by atoms with Crippen molar-refractivity contribution in [3.63, 3.8) is 0 Å². The maximum Gasteiger partial charge on any atom is 0.125 e. The fourth-order valence-electron chi connectivity index (χ4n) is 0.687. The minimum absolute atomic E-state index is 0.300. The van der Waals surface area contributed by atoms with Gasteiger partial charge in [0.25, 0.3) is 0 Å². The topological polar surface area (TPSA) is 21.8 Å². The third kappa shape index (κ3) is 2.53. The molecule has 1 aliphatic heterocycles. The van der Waals surface area contributed by atoms with Crippen LogP contribution in [0.3, 0.4) is 0 Å². The summed E-state index contributed by atoms with van der Waals surface area (Å²) in [5, 5.41) is 0. The second kappa shape index (κ2) is 3.25. The van der Waals surface area contributed by atoms with Crippen molar-refractivity contribution < 1.29 is 9.47 Å². The smallest absolute Gasteiger partial charge is 0.125 e. The Bertz CT molecular complexity index is 167. The third-order valence-electron chi connectivity index (χ3n) is 1.97. The number of terminal acetylenes is 1. The highest BCUT2D eigenvalue weighted by Gasteiger charge is 2.27. The van der Waals surface area contributed by atoms with Gasteiger partial charge in [0.1, 0.15) is 11.7 Å². The Hall–Kier alpha value is -0.520. The molecule has 2 nitrogen and oxygen atoms in total. The van der Waals surface area contributed by atoms with Crippen LogP contribution in [-0.4, -0.2) is 24.9 Å². The summed E-state index contributed by atoms with van der Waals surface area (Å²) in [4.78, 5) is 0. The summed E-state index contributed by atoms with van der Waals surface area (Å²) in [6.45, 7) is 5.40. The second-order valence-corrected chi connectivity index (χ2v) is 3.00. The van der Waals surface area contributed by atoms with E-state index < -0.39 is 5.60 Å². The minimum Gasteiger partial charge on any atom is -0.371 e. The summed E-state index contributed by atoms with van der Waals surface area (Å²) in [5.74, 6) is 2.63. The van der Waals surface area contributed by atoms with E-state index in [1.165, 1.54) is 0 Å². The van der Waals surface area contributed by atoms with Crippen molar-refractivity contribution in [2.24, 2.45) is 0 Å². The first kappa shape index (κ1) is 8.58. The summed E-state index contributed by atoms with van der Waals surface area (Å²) < 4.78 is 10.5. The molecule has 2 heteroatoms. The highest BCUT2D eigenvalue weighted by atomic mass is 16.6. The van der Waals surface area contributed by atoms with Crippen LogP contribution >= 0.6 is 0 Å². The fourth-order valence-corrected chi connectivity index (χ4v) is 0.687. The van der Waals surface area contributed by atoms with Crippen LogP contribution in [0.15, 0.2) is 0 Å². The maximum absolute atomic E-state index is 5.49. The van der Waals surface area contributed by atoms with E-state index in [0.29, 0.717) is 12.7 Å². The maximum atomic E-state index is 5.49. The lowest BCUT2D eigenvalue weighted by Crippen LogP contribution is -2.27. The van der Waals surface area contributed by atoms with E-state index in [0.717, 1.165) is 13.0 Å². The normalized spacial score (nSPS) is 27.2. The van der Waals surface area contributed by atoms with E-state index in [9.17, 15) is 0 Å². The summed E-state index contributed by atoms with van der Waals surface area (Å²) >= 11 is 0. The summed E-state index contributed by atoms with van der Waals surface area (Å²) in [5.41, 5.74) is -0.397. The first-order valence-corrected chi connectivity index (χ1v) is 3.93. The molecule has 0 aliphatic carbocycles. The first-order valence-electron chi connectivity index (χ1n) is 3.93. The van der Waals surface area contributed by atoms with Crippen molar-refractivity contribution in [3.05, 3.63) is 0 Å². The Morgan fingerprint density at radius 1 is 1.82 bits per heavy atom. The molecule has 0 aromatic rings. The van der Waals surface area contributed by atoms with Crippen molar-refractivity contribution in [2.75, 3.05) is 13.2 Å². The molecule has 2 atom stereocenters. The molecule has 0 amide bonds. The van der Waals surface area contributed by atoms with Crippen LogP contribution in [0.4, 0.5) is 0 Å². The van der Waals surface area contributed by atoms with Crippen LogP contribution in [0.5, 0.6) is 0 Å². The average molecular weight is 154 g/mol. The van der Waals surface area contributed by atoms with Gasteiger partial charge in [0.15, 0.2) is 0 Å². The molecule has 0 radical (unpaired) electrons. The molecular weight excluding hydrogens is 140 g/mol. The van der Waals surface area contributed by atoms with Gasteiger partial charge in [-0.25, -0.2) is 0 Å². The van der Waals surface area contributed by atoms with E-state index in [1.807, 2.05) is 13.8 Å². The molecule has 1 fully saturated rings. The van der Waals surface area contributed by atoms with Gasteiger partial charge in [-0.3, -0.25) is 0 Å². The molecule has 62 valence electrons. The Kier molecular flexibility index (Phi) is 2.53. The van der Waals surface area contributed by atoms with E-state index >= 15 is 0 Å². The van der Waals surface area contributed by atoms with Gasteiger partial charge in [-0.15, -0.1) is 6.42 Å². The molecule has 0 N–H and O–H groups in total. The largest absolute Gasteiger partial charge is 0.371 e. The third-order valence-corrected chi connectivity index (χ3v) is 1.97.